The highest BCUT2D eigenvalue weighted by Crippen LogP contribution is 2.33. The third kappa shape index (κ3) is 6.18. The summed E-state index contributed by atoms with van der Waals surface area (Å²) in [5, 5.41) is 17.5. The first-order chi connectivity index (χ1) is 7.95. The van der Waals surface area contributed by atoms with Gasteiger partial charge in [0.2, 0.25) is 0 Å². The van der Waals surface area contributed by atoms with Crippen molar-refractivity contribution in [3.8, 4) is 0 Å². The summed E-state index contributed by atoms with van der Waals surface area (Å²) in [6.07, 6.45) is 6.89. The topological polar surface area (TPSA) is 83.0 Å². The largest absolute Gasteiger partial charge is 0.314 e. The average Bonchev–Trinajstić information content (AvgIpc) is 2.28. The number of rotatable bonds is 8. The Labute approximate surface area is 106 Å². The van der Waals surface area contributed by atoms with Crippen molar-refractivity contribution in [2.75, 3.05) is 0 Å². The summed E-state index contributed by atoms with van der Waals surface area (Å²) in [5.74, 6) is 0. The molecule has 0 amide bonds. The summed E-state index contributed by atoms with van der Waals surface area (Å²) in [4.78, 5) is 3.99. The standard InChI is InChI=1S/C10H20N2O4S/c1-5-7-10(8-6-2,15-12-14)17-16-9(3,4)11-13/h5-8,11-14H,1-4H3. The molecule has 0 radical (unpaired) electrons. The quantitative estimate of drug-likeness (QED) is 0.231. The van der Waals surface area contributed by atoms with E-state index in [1.54, 1.807) is 43.8 Å². The predicted octanol–water partition coefficient (Wildman–Crippen LogP) is 2.12. The summed E-state index contributed by atoms with van der Waals surface area (Å²) in [6.45, 7) is 6.91. The SMILES string of the molecule is CC=CC(C=CC)(ONO)SOC(C)(C)NO. The molecule has 0 aliphatic rings. The molecule has 0 aromatic heterocycles. The van der Waals surface area contributed by atoms with Crippen molar-refractivity contribution in [2.24, 2.45) is 0 Å². The molecule has 100 valence electrons. The van der Waals surface area contributed by atoms with Gasteiger partial charge in [-0.05, 0) is 39.8 Å². The first kappa shape index (κ1) is 16.6. The van der Waals surface area contributed by atoms with Gasteiger partial charge in [-0.3, -0.25) is 9.39 Å². The Kier molecular flexibility index (Phi) is 7.64. The molecule has 0 atom stereocenters. The maximum absolute atomic E-state index is 8.85. The summed E-state index contributed by atoms with van der Waals surface area (Å²) in [7, 11) is 0. The van der Waals surface area contributed by atoms with E-state index in [0.717, 1.165) is 12.0 Å². The van der Waals surface area contributed by atoms with E-state index in [9.17, 15) is 0 Å². The van der Waals surface area contributed by atoms with Crippen LogP contribution in [-0.2, 0) is 9.02 Å². The normalized spacial score (nSPS) is 16.8. The van der Waals surface area contributed by atoms with E-state index in [2.05, 4.69) is 0 Å². The van der Waals surface area contributed by atoms with Crippen LogP contribution in [0.2, 0.25) is 0 Å². The molecule has 7 heteroatoms. The summed E-state index contributed by atoms with van der Waals surface area (Å²) in [5.41, 5.74) is 2.71. The van der Waals surface area contributed by atoms with Crippen LogP contribution in [0.3, 0.4) is 0 Å². The monoisotopic (exact) mass is 264 g/mol. The van der Waals surface area contributed by atoms with Crippen molar-refractivity contribution in [3.63, 3.8) is 0 Å². The molecule has 0 bridgehead atoms. The van der Waals surface area contributed by atoms with Crippen molar-refractivity contribution in [3.05, 3.63) is 24.3 Å². The molecule has 0 aliphatic heterocycles. The highest BCUT2D eigenvalue weighted by molar-refractivity contribution is 7.96. The van der Waals surface area contributed by atoms with Crippen LogP contribution in [0.15, 0.2) is 24.3 Å². The smallest absolute Gasteiger partial charge is 0.199 e. The van der Waals surface area contributed by atoms with Crippen LogP contribution in [-0.4, -0.2) is 21.1 Å². The Morgan fingerprint density at radius 2 is 1.65 bits per heavy atom. The van der Waals surface area contributed by atoms with Gasteiger partial charge in [-0.25, -0.2) is 4.84 Å². The van der Waals surface area contributed by atoms with Gasteiger partial charge < -0.3 is 5.21 Å². The summed E-state index contributed by atoms with van der Waals surface area (Å²) >= 11 is 0.933. The van der Waals surface area contributed by atoms with Gasteiger partial charge in [0, 0.05) is 12.0 Å². The lowest BCUT2D eigenvalue weighted by Gasteiger charge is -2.29. The molecular formula is C10H20N2O4S. The molecule has 17 heavy (non-hydrogen) atoms. The first-order valence-corrected chi connectivity index (χ1v) is 5.82. The molecule has 0 unspecified atom stereocenters. The molecule has 0 fully saturated rings. The van der Waals surface area contributed by atoms with Gasteiger partial charge >= 0.3 is 0 Å². The highest BCUT2D eigenvalue weighted by atomic mass is 32.2. The van der Waals surface area contributed by atoms with Crippen LogP contribution < -0.4 is 11.1 Å². The molecule has 4 N–H and O–H groups in total. The van der Waals surface area contributed by atoms with Gasteiger partial charge in [-0.1, -0.05) is 17.8 Å². The van der Waals surface area contributed by atoms with E-state index < -0.39 is 10.7 Å². The fourth-order valence-corrected chi connectivity index (χ4v) is 1.75. The van der Waals surface area contributed by atoms with Crippen LogP contribution in [0, 0.1) is 0 Å². The maximum atomic E-state index is 8.85. The zero-order chi connectivity index (χ0) is 13.4. The Morgan fingerprint density at radius 1 is 1.12 bits per heavy atom. The minimum absolute atomic E-state index is 0.933. The lowest BCUT2D eigenvalue weighted by molar-refractivity contribution is -0.151. The molecule has 0 saturated carbocycles. The molecule has 0 heterocycles. The average molecular weight is 264 g/mol. The Hall–Kier alpha value is -0.410. The Morgan fingerprint density at radius 3 is 2.00 bits per heavy atom. The number of hydrogen-bond donors (Lipinski definition) is 4. The van der Waals surface area contributed by atoms with E-state index in [-0.39, 0.29) is 0 Å². The lowest BCUT2D eigenvalue weighted by Crippen LogP contribution is -2.40. The van der Waals surface area contributed by atoms with Gasteiger partial charge in [0.1, 0.15) is 5.72 Å². The van der Waals surface area contributed by atoms with Crippen LogP contribution in [0.5, 0.6) is 0 Å². The molecule has 0 aromatic rings. The minimum atomic E-state index is -1.02. The molecular weight excluding hydrogens is 244 g/mol. The van der Waals surface area contributed by atoms with E-state index in [1.165, 1.54) is 0 Å². The highest BCUT2D eigenvalue weighted by Gasteiger charge is 2.31. The van der Waals surface area contributed by atoms with Crippen molar-refractivity contribution >= 4 is 12.0 Å². The lowest BCUT2D eigenvalue weighted by atomic mass is 10.3. The third-order valence-electron chi connectivity index (χ3n) is 1.65. The fraction of sp³-hybridized carbons (Fsp3) is 0.600. The number of hydrogen-bond acceptors (Lipinski definition) is 7. The van der Waals surface area contributed by atoms with Crippen molar-refractivity contribution in [2.45, 2.75) is 38.4 Å². The van der Waals surface area contributed by atoms with Crippen molar-refractivity contribution < 1.29 is 19.4 Å². The van der Waals surface area contributed by atoms with Crippen LogP contribution in [0.1, 0.15) is 27.7 Å². The van der Waals surface area contributed by atoms with Gasteiger partial charge in [-0.2, -0.15) is 5.48 Å². The fourth-order valence-electron chi connectivity index (χ4n) is 0.920. The summed E-state index contributed by atoms with van der Waals surface area (Å²) in [6, 6.07) is 0. The van der Waals surface area contributed by atoms with Crippen molar-refractivity contribution in [1.82, 2.24) is 11.1 Å². The Balaban J connectivity index is 4.78. The number of hydroxylamine groups is 1. The van der Waals surface area contributed by atoms with E-state index in [1.807, 2.05) is 19.3 Å². The van der Waals surface area contributed by atoms with Crippen LogP contribution in [0.4, 0.5) is 0 Å². The van der Waals surface area contributed by atoms with Gasteiger partial charge in [0.05, 0.1) is 0 Å². The second-order valence-corrected chi connectivity index (χ2v) is 4.67. The zero-order valence-corrected chi connectivity index (χ0v) is 11.2. The number of allylic oxidation sites excluding steroid dienone is 2. The van der Waals surface area contributed by atoms with E-state index in [4.69, 9.17) is 19.4 Å². The molecule has 6 nitrogen and oxygen atoms in total. The van der Waals surface area contributed by atoms with E-state index in [0.29, 0.717) is 0 Å². The van der Waals surface area contributed by atoms with E-state index >= 15 is 0 Å². The van der Waals surface area contributed by atoms with Crippen LogP contribution in [0.25, 0.3) is 0 Å². The molecule has 0 aromatic carbocycles. The van der Waals surface area contributed by atoms with Crippen LogP contribution >= 0.6 is 12.0 Å². The summed E-state index contributed by atoms with van der Waals surface area (Å²) < 4.78 is 5.38. The second kappa shape index (κ2) is 7.83. The maximum Gasteiger partial charge on any atom is 0.199 e. The Bertz CT molecular complexity index is 257. The third-order valence-corrected chi connectivity index (χ3v) is 2.77. The zero-order valence-electron chi connectivity index (χ0n) is 10.4. The first-order valence-electron chi connectivity index (χ1n) is 5.08. The van der Waals surface area contributed by atoms with Gasteiger partial charge in [0.15, 0.2) is 4.93 Å². The molecule has 0 rings (SSSR count). The molecule has 0 aliphatic carbocycles. The molecule has 0 spiro atoms. The van der Waals surface area contributed by atoms with Crippen molar-refractivity contribution in [1.29, 1.82) is 0 Å². The molecule has 0 saturated heterocycles. The predicted molar refractivity (Wildman–Crippen MR) is 66.0 cm³/mol. The number of nitrogens with one attached hydrogen (secondary N) is 2. The minimum Gasteiger partial charge on any atom is -0.314 e. The second-order valence-electron chi connectivity index (χ2n) is 3.70. The van der Waals surface area contributed by atoms with Gasteiger partial charge in [-0.15, -0.1) is 0 Å². The van der Waals surface area contributed by atoms with Gasteiger partial charge in [0.25, 0.3) is 0 Å².